The summed E-state index contributed by atoms with van der Waals surface area (Å²) in [6.07, 6.45) is 4.74. The van der Waals surface area contributed by atoms with E-state index in [2.05, 4.69) is 35.9 Å². The molecule has 0 amide bonds. The Morgan fingerprint density at radius 1 is 1.33 bits per heavy atom. The van der Waals surface area contributed by atoms with Crippen molar-refractivity contribution >= 4 is 0 Å². The second kappa shape index (κ2) is 8.21. The first kappa shape index (κ1) is 15.1. The van der Waals surface area contributed by atoms with Crippen LogP contribution in [-0.4, -0.2) is 45.0 Å². The first-order valence-corrected chi connectivity index (χ1v) is 6.79. The largest absolute Gasteiger partial charge is 0.396 e. The molecule has 5 heteroatoms. The highest BCUT2D eigenvalue weighted by Crippen LogP contribution is 2.05. The third-order valence-corrected chi connectivity index (χ3v) is 2.84. The number of rotatable bonds is 9. The van der Waals surface area contributed by atoms with Gasteiger partial charge in [-0.1, -0.05) is 13.8 Å². The van der Waals surface area contributed by atoms with Crippen LogP contribution in [-0.2, 0) is 13.1 Å². The Kier molecular flexibility index (Phi) is 6.90. The minimum atomic E-state index is 0.298. The lowest BCUT2D eigenvalue weighted by Crippen LogP contribution is -2.22. The van der Waals surface area contributed by atoms with E-state index >= 15 is 0 Å². The number of hydrogen-bond donors (Lipinski definition) is 1. The second-order valence-corrected chi connectivity index (χ2v) is 5.27. The average molecular weight is 254 g/mol. The molecule has 1 aromatic rings. The zero-order chi connectivity index (χ0) is 13.4. The average Bonchev–Trinajstić information content (AvgIpc) is 2.71. The fraction of sp³-hybridized carbons (Fsp3) is 0.846. The Hall–Kier alpha value is -0.940. The molecule has 1 heterocycles. The van der Waals surface area contributed by atoms with Crippen LogP contribution in [0.3, 0.4) is 0 Å². The van der Waals surface area contributed by atoms with Crippen LogP contribution in [0.2, 0.25) is 0 Å². The van der Waals surface area contributed by atoms with Gasteiger partial charge in [0, 0.05) is 13.2 Å². The lowest BCUT2D eigenvalue weighted by molar-refractivity contribution is 0.267. The van der Waals surface area contributed by atoms with Gasteiger partial charge in [0.15, 0.2) is 0 Å². The van der Waals surface area contributed by atoms with Crippen molar-refractivity contribution in [1.82, 2.24) is 19.7 Å². The Morgan fingerprint density at radius 2 is 2.11 bits per heavy atom. The summed E-state index contributed by atoms with van der Waals surface area (Å²) in [5.41, 5.74) is 0. The SMILES string of the molecule is CC(C)Cn1ncnc1CN(C)CCCCCO. The lowest BCUT2D eigenvalue weighted by atomic mass is 10.2. The fourth-order valence-corrected chi connectivity index (χ4v) is 1.90. The van der Waals surface area contributed by atoms with Crippen LogP contribution in [0.25, 0.3) is 0 Å². The van der Waals surface area contributed by atoms with Gasteiger partial charge in [-0.2, -0.15) is 5.10 Å². The van der Waals surface area contributed by atoms with Gasteiger partial charge < -0.3 is 5.11 Å². The molecule has 1 aromatic heterocycles. The van der Waals surface area contributed by atoms with Crippen LogP contribution in [0.1, 0.15) is 38.9 Å². The van der Waals surface area contributed by atoms with Crippen molar-refractivity contribution in [3.63, 3.8) is 0 Å². The van der Waals surface area contributed by atoms with E-state index in [1.165, 1.54) is 0 Å². The number of aromatic nitrogens is 3. The summed E-state index contributed by atoms with van der Waals surface area (Å²) >= 11 is 0. The molecule has 0 saturated heterocycles. The van der Waals surface area contributed by atoms with Crippen LogP contribution in [0.15, 0.2) is 6.33 Å². The molecule has 0 unspecified atom stereocenters. The van der Waals surface area contributed by atoms with Crippen LogP contribution in [0, 0.1) is 5.92 Å². The molecule has 0 atom stereocenters. The topological polar surface area (TPSA) is 54.2 Å². The van der Waals surface area contributed by atoms with Crippen LogP contribution < -0.4 is 0 Å². The van der Waals surface area contributed by atoms with Gasteiger partial charge in [0.05, 0.1) is 6.54 Å². The normalized spacial score (nSPS) is 11.7. The molecule has 0 spiro atoms. The standard InChI is InChI=1S/C13H26N4O/c1-12(2)9-17-13(14-11-15-17)10-16(3)7-5-4-6-8-18/h11-12,18H,4-10H2,1-3H3. The molecule has 1 N–H and O–H groups in total. The zero-order valence-electron chi connectivity index (χ0n) is 11.8. The fourth-order valence-electron chi connectivity index (χ4n) is 1.90. The van der Waals surface area contributed by atoms with Gasteiger partial charge in [0.2, 0.25) is 0 Å². The molecular weight excluding hydrogens is 228 g/mol. The summed E-state index contributed by atoms with van der Waals surface area (Å²) in [6, 6.07) is 0. The van der Waals surface area contributed by atoms with Crippen molar-refractivity contribution < 1.29 is 5.11 Å². The summed E-state index contributed by atoms with van der Waals surface area (Å²) in [7, 11) is 2.10. The molecule has 18 heavy (non-hydrogen) atoms. The number of hydrogen-bond acceptors (Lipinski definition) is 4. The van der Waals surface area contributed by atoms with Crippen molar-refractivity contribution in [2.45, 2.75) is 46.2 Å². The Bertz CT molecular complexity index is 325. The van der Waals surface area contributed by atoms with Crippen molar-refractivity contribution in [1.29, 1.82) is 0 Å². The molecule has 0 radical (unpaired) electrons. The Morgan fingerprint density at radius 3 is 2.78 bits per heavy atom. The molecule has 0 aromatic carbocycles. The number of aliphatic hydroxyl groups is 1. The molecule has 0 aliphatic rings. The van der Waals surface area contributed by atoms with E-state index in [9.17, 15) is 0 Å². The lowest BCUT2D eigenvalue weighted by Gasteiger charge is -2.17. The zero-order valence-corrected chi connectivity index (χ0v) is 11.8. The van der Waals surface area contributed by atoms with Gasteiger partial charge in [-0.25, -0.2) is 9.67 Å². The second-order valence-electron chi connectivity index (χ2n) is 5.27. The maximum absolute atomic E-state index is 8.72. The summed E-state index contributed by atoms with van der Waals surface area (Å²) in [5, 5.41) is 13.0. The number of unbranched alkanes of at least 4 members (excludes halogenated alkanes) is 2. The quantitative estimate of drug-likeness (QED) is 0.679. The molecule has 0 saturated carbocycles. The van der Waals surface area contributed by atoms with E-state index in [1.54, 1.807) is 6.33 Å². The molecule has 5 nitrogen and oxygen atoms in total. The smallest absolute Gasteiger partial charge is 0.141 e. The Labute approximate surface area is 110 Å². The van der Waals surface area contributed by atoms with Crippen LogP contribution in [0.4, 0.5) is 0 Å². The summed E-state index contributed by atoms with van der Waals surface area (Å²) in [5.74, 6) is 1.62. The predicted molar refractivity (Wildman–Crippen MR) is 72.1 cm³/mol. The van der Waals surface area contributed by atoms with Crippen molar-refractivity contribution in [2.24, 2.45) is 5.92 Å². The van der Waals surface area contributed by atoms with Gasteiger partial charge in [0.25, 0.3) is 0 Å². The van der Waals surface area contributed by atoms with Gasteiger partial charge in [-0.05, 0) is 38.8 Å². The van der Waals surface area contributed by atoms with E-state index in [0.717, 1.165) is 44.7 Å². The summed E-state index contributed by atoms with van der Waals surface area (Å²) in [4.78, 5) is 6.59. The molecule has 104 valence electrons. The first-order valence-electron chi connectivity index (χ1n) is 6.79. The molecule has 0 aliphatic carbocycles. The monoisotopic (exact) mass is 254 g/mol. The highest BCUT2D eigenvalue weighted by molar-refractivity contribution is 4.84. The minimum Gasteiger partial charge on any atom is -0.396 e. The van der Waals surface area contributed by atoms with E-state index in [1.807, 2.05) is 4.68 Å². The highest BCUT2D eigenvalue weighted by atomic mass is 16.2. The van der Waals surface area contributed by atoms with Crippen molar-refractivity contribution in [3.8, 4) is 0 Å². The molecule has 1 rings (SSSR count). The predicted octanol–water partition coefficient (Wildman–Crippen LogP) is 1.53. The molecule has 0 bridgehead atoms. The van der Waals surface area contributed by atoms with Gasteiger partial charge in [-0.3, -0.25) is 4.90 Å². The van der Waals surface area contributed by atoms with Gasteiger partial charge in [0.1, 0.15) is 12.2 Å². The highest BCUT2D eigenvalue weighted by Gasteiger charge is 2.08. The van der Waals surface area contributed by atoms with E-state index < -0.39 is 0 Å². The maximum atomic E-state index is 8.72. The third-order valence-electron chi connectivity index (χ3n) is 2.84. The van der Waals surface area contributed by atoms with Gasteiger partial charge in [-0.15, -0.1) is 0 Å². The Balaban J connectivity index is 2.34. The summed E-state index contributed by atoms with van der Waals surface area (Å²) in [6.45, 7) is 7.47. The van der Waals surface area contributed by atoms with E-state index in [4.69, 9.17) is 5.11 Å². The molecular formula is C13H26N4O. The van der Waals surface area contributed by atoms with Gasteiger partial charge >= 0.3 is 0 Å². The maximum Gasteiger partial charge on any atom is 0.141 e. The van der Waals surface area contributed by atoms with Crippen molar-refractivity contribution in [3.05, 3.63) is 12.2 Å². The van der Waals surface area contributed by atoms with Crippen molar-refractivity contribution in [2.75, 3.05) is 20.2 Å². The van der Waals surface area contributed by atoms with E-state index in [-0.39, 0.29) is 0 Å². The molecule has 0 aliphatic heterocycles. The number of aliphatic hydroxyl groups excluding tert-OH is 1. The van der Waals surface area contributed by atoms with Crippen LogP contribution in [0.5, 0.6) is 0 Å². The van der Waals surface area contributed by atoms with E-state index in [0.29, 0.717) is 12.5 Å². The minimum absolute atomic E-state index is 0.298. The first-order chi connectivity index (χ1) is 8.63. The molecule has 0 fully saturated rings. The number of nitrogens with zero attached hydrogens (tertiary/aromatic N) is 4. The third kappa shape index (κ3) is 5.60. The summed E-state index contributed by atoms with van der Waals surface area (Å²) < 4.78 is 1.99. The van der Waals surface area contributed by atoms with Crippen LogP contribution >= 0.6 is 0 Å².